The summed E-state index contributed by atoms with van der Waals surface area (Å²) in [6.45, 7) is 0. The molecule has 4 nitrogen and oxygen atoms in total. The van der Waals surface area contributed by atoms with Crippen LogP contribution in [0.4, 0.5) is 0 Å². The Hall–Kier alpha value is -1.32. The molecule has 0 amide bonds. The monoisotopic (exact) mass is 298 g/mol. The minimum atomic E-state index is -0.722. The van der Waals surface area contributed by atoms with Crippen LogP contribution in [-0.2, 0) is 14.3 Å². The summed E-state index contributed by atoms with van der Waals surface area (Å²) in [5, 5.41) is 8.39. The van der Waals surface area contributed by atoms with E-state index in [9.17, 15) is 9.59 Å². The summed E-state index contributed by atoms with van der Waals surface area (Å²) < 4.78 is 4.52. The summed E-state index contributed by atoms with van der Waals surface area (Å²) in [5.74, 6) is -0.874. The van der Waals surface area contributed by atoms with E-state index < -0.39 is 5.97 Å². The van der Waals surface area contributed by atoms with Crippen LogP contribution in [-0.4, -0.2) is 24.2 Å². The molecule has 0 aromatic heterocycles. The molecule has 1 rings (SSSR count). The average molecular weight is 298 g/mol. The Kier molecular flexibility index (Phi) is 14.1. The normalized spacial score (nSPS) is 13.2. The Bertz CT molecular complexity index is 289. The van der Waals surface area contributed by atoms with E-state index in [1.807, 2.05) is 0 Å². The zero-order chi connectivity index (χ0) is 15.8. The number of carbonyl (C=O) groups excluding carboxylic acids is 1. The maximum Gasteiger partial charge on any atom is 0.305 e. The molecule has 0 radical (unpaired) electrons. The summed E-state index contributed by atoms with van der Waals surface area (Å²) >= 11 is 0. The largest absolute Gasteiger partial charge is 0.481 e. The highest BCUT2D eigenvalue weighted by Gasteiger charge is 1.99. The first kappa shape index (κ1) is 19.7. The summed E-state index contributed by atoms with van der Waals surface area (Å²) in [7, 11) is 1.40. The van der Waals surface area contributed by atoms with Gasteiger partial charge in [-0.15, -0.1) is 0 Å². The molecule has 21 heavy (non-hydrogen) atoms. The second kappa shape index (κ2) is 15.1. The lowest BCUT2D eigenvalue weighted by Crippen LogP contribution is -1.99. The number of allylic oxidation sites excluding steroid dienone is 2. The average Bonchev–Trinajstić information content (AvgIpc) is 2.51. The minimum absolute atomic E-state index is 0.152. The molecule has 1 aliphatic rings. The Morgan fingerprint density at radius 1 is 0.905 bits per heavy atom. The number of ether oxygens (including phenoxy) is 1. The molecule has 0 fully saturated rings. The number of carbonyl (C=O) groups is 2. The van der Waals surface area contributed by atoms with Crippen LogP contribution in [0.5, 0.6) is 0 Å². The summed E-state index contributed by atoms with van der Waals surface area (Å²) in [6.07, 6.45) is 16.5. The van der Waals surface area contributed by atoms with E-state index in [0.717, 1.165) is 38.5 Å². The van der Waals surface area contributed by atoms with E-state index in [2.05, 4.69) is 16.9 Å². The fourth-order valence-electron chi connectivity index (χ4n) is 2.11. The molecule has 0 aliphatic heterocycles. The Labute approximate surface area is 128 Å². The number of hydrogen-bond acceptors (Lipinski definition) is 3. The maximum atomic E-state index is 10.7. The Balaban J connectivity index is 0.000000547. The molecule has 0 saturated carbocycles. The maximum absolute atomic E-state index is 10.7. The zero-order valence-corrected chi connectivity index (χ0v) is 13.3. The Morgan fingerprint density at radius 2 is 1.38 bits per heavy atom. The van der Waals surface area contributed by atoms with Gasteiger partial charge >= 0.3 is 11.9 Å². The molecule has 0 atom stereocenters. The van der Waals surface area contributed by atoms with Crippen molar-refractivity contribution in [2.45, 2.75) is 77.0 Å². The molecular weight excluding hydrogens is 268 g/mol. The SMILES string of the molecule is C1=CCCCC1.COC(=O)CCCCCCCCC(=O)O. The molecule has 0 unspecified atom stereocenters. The number of hydrogen-bond donors (Lipinski definition) is 1. The van der Waals surface area contributed by atoms with Crippen molar-refractivity contribution in [2.75, 3.05) is 7.11 Å². The first-order chi connectivity index (χ1) is 10.2. The van der Waals surface area contributed by atoms with Crippen molar-refractivity contribution in [1.29, 1.82) is 0 Å². The van der Waals surface area contributed by atoms with Crippen LogP contribution in [0, 0.1) is 0 Å². The van der Waals surface area contributed by atoms with Crippen LogP contribution in [0.1, 0.15) is 77.0 Å². The van der Waals surface area contributed by atoms with Gasteiger partial charge in [-0.05, 0) is 38.5 Å². The highest BCUT2D eigenvalue weighted by Crippen LogP contribution is 2.09. The van der Waals surface area contributed by atoms with Crippen LogP contribution >= 0.6 is 0 Å². The molecule has 122 valence electrons. The quantitative estimate of drug-likeness (QED) is 0.387. The topological polar surface area (TPSA) is 63.6 Å². The van der Waals surface area contributed by atoms with Crippen molar-refractivity contribution in [3.63, 3.8) is 0 Å². The smallest absolute Gasteiger partial charge is 0.305 e. The number of carboxylic acid groups (broad SMARTS) is 1. The van der Waals surface area contributed by atoms with Gasteiger partial charge in [0.25, 0.3) is 0 Å². The van der Waals surface area contributed by atoms with E-state index in [4.69, 9.17) is 5.11 Å². The lowest BCUT2D eigenvalue weighted by atomic mass is 10.1. The summed E-state index contributed by atoms with van der Waals surface area (Å²) in [4.78, 5) is 20.9. The highest BCUT2D eigenvalue weighted by molar-refractivity contribution is 5.69. The number of carboxylic acids is 1. The third-order valence-corrected chi connectivity index (χ3v) is 3.41. The van der Waals surface area contributed by atoms with Crippen LogP contribution in [0.15, 0.2) is 12.2 Å². The summed E-state index contributed by atoms with van der Waals surface area (Å²) in [6, 6.07) is 0. The van der Waals surface area contributed by atoms with Crippen molar-refractivity contribution in [2.24, 2.45) is 0 Å². The van der Waals surface area contributed by atoms with Gasteiger partial charge in [-0.25, -0.2) is 0 Å². The minimum Gasteiger partial charge on any atom is -0.481 e. The van der Waals surface area contributed by atoms with Crippen LogP contribution in [0.3, 0.4) is 0 Å². The van der Waals surface area contributed by atoms with Gasteiger partial charge in [0.05, 0.1) is 7.11 Å². The number of methoxy groups -OCH3 is 1. The van der Waals surface area contributed by atoms with E-state index in [1.165, 1.54) is 32.8 Å². The molecule has 0 aromatic carbocycles. The van der Waals surface area contributed by atoms with Crippen molar-refractivity contribution < 1.29 is 19.4 Å². The van der Waals surface area contributed by atoms with Gasteiger partial charge in [0, 0.05) is 12.8 Å². The number of unbranched alkanes of at least 4 members (excludes halogenated alkanes) is 5. The second-order valence-electron chi connectivity index (χ2n) is 5.35. The predicted molar refractivity (Wildman–Crippen MR) is 84.2 cm³/mol. The molecule has 1 N–H and O–H groups in total. The van der Waals surface area contributed by atoms with Gasteiger partial charge in [-0.3, -0.25) is 9.59 Å². The first-order valence-electron chi connectivity index (χ1n) is 8.10. The third kappa shape index (κ3) is 16.6. The van der Waals surface area contributed by atoms with Crippen LogP contribution in [0.25, 0.3) is 0 Å². The Morgan fingerprint density at radius 3 is 1.76 bits per heavy atom. The van der Waals surface area contributed by atoms with Crippen molar-refractivity contribution >= 4 is 11.9 Å². The van der Waals surface area contributed by atoms with E-state index in [1.54, 1.807) is 0 Å². The molecule has 0 aromatic rings. The molecule has 0 bridgehead atoms. The van der Waals surface area contributed by atoms with Crippen LogP contribution < -0.4 is 0 Å². The van der Waals surface area contributed by atoms with E-state index >= 15 is 0 Å². The van der Waals surface area contributed by atoms with Crippen molar-refractivity contribution in [3.05, 3.63) is 12.2 Å². The molecular formula is C17H30O4. The molecule has 4 heteroatoms. The van der Waals surface area contributed by atoms with Crippen molar-refractivity contribution in [1.82, 2.24) is 0 Å². The number of rotatable bonds is 9. The highest BCUT2D eigenvalue weighted by atomic mass is 16.5. The van der Waals surface area contributed by atoms with Crippen molar-refractivity contribution in [3.8, 4) is 0 Å². The fraction of sp³-hybridized carbons (Fsp3) is 0.765. The predicted octanol–water partition coefficient (Wildman–Crippen LogP) is 4.48. The van der Waals surface area contributed by atoms with Gasteiger partial charge in [0.2, 0.25) is 0 Å². The van der Waals surface area contributed by atoms with E-state index in [0.29, 0.717) is 6.42 Å². The zero-order valence-electron chi connectivity index (χ0n) is 13.3. The van der Waals surface area contributed by atoms with Gasteiger partial charge < -0.3 is 9.84 Å². The second-order valence-corrected chi connectivity index (χ2v) is 5.35. The van der Waals surface area contributed by atoms with Gasteiger partial charge in [0.15, 0.2) is 0 Å². The molecule has 0 spiro atoms. The third-order valence-electron chi connectivity index (χ3n) is 3.41. The number of aliphatic carboxylic acids is 1. The standard InChI is InChI=1S/C11H20O4.C6H10/c1-15-11(14)9-7-5-3-2-4-6-8-10(12)13;1-2-4-6-5-3-1/h2-9H2,1H3,(H,12,13);1-2H,3-6H2. The fourth-order valence-corrected chi connectivity index (χ4v) is 2.11. The van der Waals surface area contributed by atoms with Crippen LogP contribution in [0.2, 0.25) is 0 Å². The molecule has 0 saturated heterocycles. The van der Waals surface area contributed by atoms with E-state index in [-0.39, 0.29) is 12.4 Å². The van der Waals surface area contributed by atoms with Gasteiger partial charge in [-0.2, -0.15) is 0 Å². The molecule has 0 heterocycles. The lowest BCUT2D eigenvalue weighted by Gasteiger charge is -2.00. The summed E-state index contributed by atoms with van der Waals surface area (Å²) in [5.41, 5.74) is 0. The molecule has 1 aliphatic carbocycles. The lowest BCUT2D eigenvalue weighted by molar-refractivity contribution is -0.141. The number of esters is 1. The van der Waals surface area contributed by atoms with Gasteiger partial charge in [-0.1, -0.05) is 37.8 Å². The first-order valence-corrected chi connectivity index (χ1v) is 8.10. The van der Waals surface area contributed by atoms with Gasteiger partial charge in [0.1, 0.15) is 0 Å².